The molecule has 0 aromatic heterocycles. The minimum Gasteiger partial charge on any atom is -0.507 e. The van der Waals surface area contributed by atoms with Crippen molar-refractivity contribution in [1.29, 1.82) is 0 Å². The Bertz CT molecular complexity index is 1240. The fourth-order valence-electron chi connectivity index (χ4n) is 6.45. The highest BCUT2D eigenvalue weighted by Gasteiger charge is 2.45. The second-order valence-electron chi connectivity index (χ2n) is 16.8. The maximum atomic E-state index is 11.2. The lowest BCUT2D eigenvalue weighted by molar-refractivity contribution is 0.379. The van der Waals surface area contributed by atoms with E-state index in [1.54, 1.807) is 0 Å². The summed E-state index contributed by atoms with van der Waals surface area (Å²) >= 11 is 0. The highest BCUT2D eigenvalue weighted by molar-refractivity contribution is 5.86. The molecule has 0 saturated heterocycles. The second-order valence-corrected chi connectivity index (χ2v) is 16.8. The molecule has 4 rings (SSSR count). The van der Waals surface area contributed by atoms with Gasteiger partial charge in [-0.3, -0.25) is 9.98 Å². The van der Waals surface area contributed by atoms with E-state index < -0.39 is 0 Å². The first-order valence-corrected chi connectivity index (χ1v) is 15.5. The molecule has 41 heavy (non-hydrogen) atoms. The summed E-state index contributed by atoms with van der Waals surface area (Å²) in [7, 11) is 0. The summed E-state index contributed by atoms with van der Waals surface area (Å²) in [6.45, 7) is 26.2. The Morgan fingerprint density at radius 2 is 0.878 bits per heavy atom. The van der Waals surface area contributed by atoms with Crippen molar-refractivity contribution in [3.63, 3.8) is 0 Å². The lowest BCUT2D eigenvalue weighted by Gasteiger charge is -2.27. The van der Waals surface area contributed by atoms with E-state index in [1.165, 1.54) is 11.1 Å². The number of aromatic hydroxyl groups is 2. The van der Waals surface area contributed by atoms with Crippen LogP contribution < -0.4 is 0 Å². The lowest BCUT2D eigenvalue weighted by Crippen LogP contribution is -2.23. The van der Waals surface area contributed by atoms with Crippen LogP contribution in [0.2, 0.25) is 0 Å². The summed E-state index contributed by atoms with van der Waals surface area (Å²) in [5, 5.41) is 22.3. The summed E-state index contributed by atoms with van der Waals surface area (Å²) in [5.41, 5.74) is 5.71. The van der Waals surface area contributed by atoms with Crippen LogP contribution in [0.5, 0.6) is 11.5 Å². The molecule has 4 heteroatoms. The summed E-state index contributed by atoms with van der Waals surface area (Å²) in [4.78, 5) is 10.1. The van der Waals surface area contributed by atoms with Gasteiger partial charge in [-0.05, 0) is 76.0 Å². The lowest BCUT2D eigenvalue weighted by atomic mass is 9.79. The van der Waals surface area contributed by atoms with Gasteiger partial charge in [0.05, 0.1) is 12.1 Å². The average molecular weight is 559 g/mol. The molecule has 2 fully saturated rings. The van der Waals surface area contributed by atoms with E-state index in [9.17, 15) is 10.2 Å². The van der Waals surface area contributed by atoms with Crippen molar-refractivity contribution in [1.82, 2.24) is 0 Å². The van der Waals surface area contributed by atoms with E-state index in [-0.39, 0.29) is 33.7 Å². The number of rotatable bonds is 4. The summed E-state index contributed by atoms with van der Waals surface area (Å²) in [6, 6.07) is 9.08. The second kappa shape index (κ2) is 10.6. The molecule has 2 aromatic rings. The highest BCUT2D eigenvalue weighted by atomic mass is 16.3. The van der Waals surface area contributed by atoms with E-state index in [0.29, 0.717) is 23.3 Å². The topological polar surface area (TPSA) is 65.2 Å². The van der Waals surface area contributed by atoms with Crippen LogP contribution >= 0.6 is 0 Å². The quantitative estimate of drug-likeness (QED) is 0.368. The number of hydrogen-bond donors (Lipinski definition) is 2. The summed E-state index contributed by atoms with van der Waals surface area (Å²) in [5.74, 6) is 1.72. The van der Waals surface area contributed by atoms with Crippen molar-refractivity contribution < 1.29 is 10.2 Å². The molecular weight excluding hydrogens is 504 g/mol. The summed E-state index contributed by atoms with van der Waals surface area (Å²) in [6.07, 6.45) is 7.04. The third kappa shape index (κ3) is 6.73. The molecule has 0 unspecified atom stereocenters. The first kappa shape index (κ1) is 31.3. The number of nitrogens with zero attached hydrogens (tertiary/aromatic N) is 2. The molecule has 2 bridgehead atoms. The fourth-order valence-corrected chi connectivity index (χ4v) is 6.45. The Balaban J connectivity index is 1.54. The van der Waals surface area contributed by atoms with Crippen LogP contribution in [-0.2, 0) is 21.7 Å². The Kier molecular flexibility index (Phi) is 8.08. The van der Waals surface area contributed by atoms with Gasteiger partial charge in [0.15, 0.2) is 0 Å². The van der Waals surface area contributed by atoms with Crippen LogP contribution in [0, 0.1) is 11.8 Å². The number of hydrogen-bond acceptors (Lipinski definition) is 4. The SMILES string of the molecule is CC(C)(C)c1cc(C=N[C@H]2C[C@@H]3C[C@H]2C[C@H]3N=Cc2cc(C(C)(C)C)cc(C(C)(C)C)c2O)c(O)c(C(C)(C)C)c1. The van der Waals surface area contributed by atoms with E-state index in [4.69, 9.17) is 9.98 Å². The molecule has 2 saturated carbocycles. The van der Waals surface area contributed by atoms with E-state index in [2.05, 4.69) is 107 Å². The normalized spacial score (nSPS) is 23.8. The van der Waals surface area contributed by atoms with Crippen molar-refractivity contribution in [3.05, 3.63) is 57.6 Å². The first-order chi connectivity index (χ1) is 18.7. The first-order valence-electron chi connectivity index (χ1n) is 15.5. The fraction of sp³-hybridized carbons (Fsp3) is 0.622. The van der Waals surface area contributed by atoms with Gasteiger partial charge in [0, 0.05) is 34.7 Å². The van der Waals surface area contributed by atoms with Gasteiger partial charge in [0.25, 0.3) is 0 Å². The number of phenolic OH excluding ortho intramolecular Hbond substituents is 2. The van der Waals surface area contributed by atoms with Crippen molar-refractivity contribution >= 4 is 12.4 Å². The van der Waals surface area contributed by atoms with Gasteiger partial charge in [0.2, 0.25) is 0 Å². The number of phenols is 2. The standard InChI is InChI=1S/C37H54N2O2/c1-34(2,3)26-14-24(32(40)28(18-26)36(7,8)9)20-38-30-16-23-13-22(30)17-31(23)39-21-25-15-27(35(4,5)6)19-29(33(25)41)37(10,11)12/h14-15,18-23,30-31,40-41H,13,16-17H2,1-12H3/t22-,23-,30-,31+/m0/s1. The molecule has 0 radical (unpaired) electrons. The zero-order chi connectivity index (χ0) is 30.7. The molecular formula is C37H54N2O2. The van der Waals surface area contributed by atoms with Gasteiger partial charge in [-0.1, -0.05) is 95.2 Å². The molecule has 2 aromatic carbocycles. The van der Waals surface area contributed by atoms with Gasteiger partial charge in [-0.15, -0.1) is 0 Å². The van der Waals surface area contributed by atoms with Gasteiger partial charge in [-0.25, -0.2) is 0 Å². The van der Waals surface area contributed by atoms with Gasteiger partial charge < -0.3 is 10.2 Å². The van der Waals surface area contributed by atoms with Crippen molar-refractivity contribution in [2.45, 2.75) is 136 Å². The monoisotopic (exact) mass is 558 g/mol. The minimum absolute atomic E-state index is 0.0115. The van der Waals surface area contributed by atoms with Crippen molar-refractivity contribution in [3.8, 4) is 11.5 Å². The van der Waals surface area contributed by atoms with Crippen LogP contribution in [0.25, 0.3) is 0 Å². The van der Waals surface area contributed by atoms with Crippen molar-refractivity contribution in [2.75, 3.05) is 0 Å². The van der Waals surface area contributed by atoms with Crippen LogP contribution in [0.4, 0.5) is 0 Å². The molecule has 0 spiro atoms. The highest BCUT2D eigenvalue weighted by Crippen LogP contribution is 2.48. The minimum atomic E-state index is -0.153. The molecule has 4 nitrogen and oxygen atoms in total. The molecule has 224 valence electrons. The predicted octanol–water partition coefficient (Wildman–Crippen LogP) is 8.99. The van der Waals surface area contributed by atoms with E-state index in [0.717, 1.165) is 41.5 Å². The molecule has 0 amide bonds. The third-order valence-corrected chi connectivity index (χ3v) is 9.22. The maximum Gasteiger partial charge on any atom is 0.128 e. The number of aliphatic imine (C=N–C) groups is 2. The zero-order valence-electron chi connectivity index (χ0n) is 27.7. The number of benzene rings is 2. The molecule has 4 atom stereocenters. The van der Waals surface area contributed by atoms with Crippen LogP contribution in [0.1, 0.15) is 136 Å². The van der Waals surface area contributed by atoms with Crippen molar-refractivity contribution in [2.24, 2.45) is 21.8 Å². The van der Waals surface area contributed by atoms with Crippen LogP contribution in [0.15, 0.2) is 34.3 Å². The Labute approximate surface area is 249 Å². The third-order valence-electron chi connectivity index (χ3n) is 9.22. The molecule has 2 aliphatic carbocycles. The Hall–Kier alpha value is -2.62. The maximum absolute atomic E-state index is 11.2. The van der Waals surface area contributed by atoms with E-state index >= 15 is 0 Å². The van der Waals surface area contributed by atoms with Gasteiger partial charge >= 0.3 is 0 Å². The smallest absolute Gasteiger partial charge is 0.128 e. The van der Waals surface area contributed by atoms with Gasteiger partial charge in [0.1, 0.15) is 11.5 Å². The molecule has 2 N–H and O–H groups in total. The Morgan fingerprint density at radius 3 is 1.15 bits per heavy atom. The largest absolute Gasteiger partial charge is 0.507 e. The molecule has 2 aliphatic rings. The predicted molar refractivity (Wildman–Crippen MR) is 175 cm³/mol. The molecule has 0 aliphatic heterocycles. The van der Waals surface area contributed by atoms with Crippen LogP contribution in [-0.4, -0.2) is 34.7 Å². The summed E-state index contributed by atoms with van der Waals surface area (Å²) < 4.78 is 0. The molecule has 0 heterocycles. The number of fused-ring (bicyclic) bond motifs is 2. The average Bonchev–Trinajstić information content (AvgIpc) is 3.40. The van der Waals surface area contributed by atoms with Gasteiger partial charge in [-0.2, -0.15) is 0 Å². The zero-order valence-corrected chi connectivity index (χ0v) is 27.7. The van der Waals surface area contributed by atoms with E-state index in [1.807, 2.05) is 12.4 Å². The Morgan fingerprint density at radius 1 is 0.537 bits per heavy atom. The van der Waals surface area contributed by atoms with Crippen LogP contribution in [0.3, 0.4) is 0 Å².